The lowest BCUT2D eigenvalue weighted by molar-refractivity contribution is -0.385. The van der Waals surface area contributed by atoms with E-state index in [4.69, 9.17) is 9.88 Å². The van der Waals surface area contributed by atoms with Gasteiger partial charge in [-0.1, -0.05) is 12.1 Å². The van der Waals surface area contributed by atoms with E-state index in [1.54, 1.807) is 12.1 Å². The molecule has 0 unspecified atom stereocenters. The molecule has 0 aromatic heterocycles. The highest BCUT2D eigenvalue weighted by Gasteiger charge is 2.30. The molecular formula is C18H22N4O7S2. The summed E-state index contributed by atoms with van der Waals surface area (Å²) in [5, 5.41) is 19.3. The Labute approximate surface area is 180 Å². The normalized spacial score (nSPS) is 15.5. The fourth-order valence-electron chi connectivity index (χ4n) is 3.10. The molecule has 2 aromatic carbocycles. The zero-order chi connectivity index (χ0) is 22.6. The number of benzene rings is 2. The van der Waals surface area contributed by atoms with Gasteiger partial charge in [0.2, 0.25) is 20.0 Å². The molecule has 0 spiro atoms. The first-order valence-electron chi connectivity index (χ1n) is 9.31. The number of nitrogens with zero attached hydrogens (tertiary/aromatic N) is 2. The second-order valence-electron chi connectivity index (χ2n) is 6.82. The third-order valence-corrected chi connectivity index (χ3v) is 7.61. The SMILES string of the molecule is NS(=O)(=O)c1ccc(CCNc2ccc([N+](=O)[O-])cc2S(=O)(=O)N2CCOCC2)cc1. The zero-order valence-corrected chi connectivity index (χ0v) is 18.1. The molecule has 0 atom stereocenters. The lowest BCUT2D eigenvalue weighted by Gasteiger charge is -2.27. The third kappa shape index (κ3) is 5.57. The second-order valence-corrected chi connectivity index (χ2v) is 10.3. The molecule has 1 heterocycles. The molecule has 2 aromatic rings. The first-order valence-corrected chi connectivity index (χ1v) is 12.3. The van der Waals surface area contributed by atoms with Crippen LogP contribution in [-0.4, -0.2) is 58.9 Å². The van der Waals surface area contributed by atoms with Crippen LogP contribution in [0, 0.1) is 10.1 Å². The molecule has 1 aliphatic rings. The molecular weight excluding hydrogens is 448 g/mol. The van der Waals surface area contributed by atoms with Gasteiger partial charge in [-0.2, -0.15) is 4.31 Å². The number of morpholine rings is 1. The molecule has 1 aliphatic heterocycles. The van der Waals surface area contributed by atoms with Gasteiger partial charge in [-0.25, -0.2) is 22.0 Å². The van der Waals surface area contributed by atoms with Crippen molar-refractivity contribution in [2.24, 2.45) is 5.14 Å². The van der Waals surface area contributed by atoms with Crippen molar-refractivity contribution in [2.45, 2.75) is 16.2 Å². The molecule has 0 amide bonds. The van der Waals surface area contributed by atoms with Gasteiger partial charge in [0.1, 0.15) is 4.90 Å². The van der Waals surface area contributed by atoms with Crippen LogP contribution in [0.4, 0.5) is 11.4 Å². The Hall–Kier alpha value is -2.58. The number of sulfonamides is 2. The van der Waals surface area contributed by atoms with Crippen LogP contribution in [0.5, 0.6) is 0 Å². The molecule has 1 fully saturated rings. The summed E-state index contributed by atoms with van der Waals surface area (Å²) in [4.78, 5) is 10.4. The van der Waals surface area contributed by atoms with Crippen LogP contribution >= 0.6 is 0 Å². The van der Waals surface area contributed by atoms with E-state index in [9.17, 15) is 26.9 Å². The topological polar surface area (TPSA) is 162 Å². The van der Waals surface area contributed by atoms with Crippen LogP contribution in [0.1, 0.15) is 5.56 Å². The van der Waals surface area contributed by atoms with Gasteiger partial charge in [0, 0.05) is 31.8 Å². The molecule has 3 N–H and O–H groups in total. The Bertz CT molecular complexity index is 1160. The summed E-state index contributed by atoms with van der Waals surface area (Å²) in [5.41, 5.74) is 0.730. The van der Waals surface area contributed by atoms with E-state index in [-0.39, 0.29) is 47.5 Å². The van der Waals surface area contributed by atoms with Crippen LogP contribution in [0.3, 0.4) is 0 Å². The number of nitrogens with one attached hydrogen (secondary N) is 1. The minimum atomic E-state index is -3.96. The van der Waals surface area contributed by atoms with Crippen molar-refractivity contribution >= 4 is 31.4 Å². The van der Waals surface area contributed by atoms with E-state index in [2.05, 4.69) is 5.32 Å². The monoisotopic (exact) mass is 470 g/mol. The molecule has 0 bridgehead atoms. The summed E-state index contributed by atoms with van der Waals surface area (Å²) >= 11 is 0. The number of non-ortho nitro benzene ring substituents is 1. The molecule has 31 heavy (non-hydrogen) atoms. The molecule has 0 radical (unpaired) electrons. The number of nitro groups is 1. The molecule has 0 aliphatic carbocycles. The van der Waals surface area contributed by atoms with Crippen molar-refractivity contribution in [1.82, 2.24) is 4.31 Å². The molecule has 13 heteroatoms. The van der Waals surface area contributed by atoms with Crippen LogP contribution in [0.15, 0.2) is 52.3 Å². The minimum Gasteiger partial charge on any atom is -0.384 e. The lowest BCUT2D eigenvalue weighted by Crippen LogP contribution is -2.40. The van der Waals surface area contributed by atoms with Crippen molar-refractivity contribution in [3.63, 3.8) is 0 Å². The van der Waals surface area contributed by atoms with Crippen molar-refractivity contribution < 1.29 is 26.5 Å². The van der Waals surface area contributed by atoms with Crippen LogP contribution in [-0.2, 0) is 31.2 Å². The second kappa shape index (κ2) is 9.28. The van der Waals surface area contributed by atoms with E-state index >= 15 is 0 Å². The molecule has 0 saturated carbocycles. The largest absolute Gasteiger partial charge is 0.384 e. The summed E-state index contributed by atoms with van der Waals surface area (Å²) in [6, 6.07) is 9.67. The number of hydrogen-bond acceptors (Lipinski definition) is 8. The van der Waals surface area contributed by atoms with Gasteiger partial charge in [0.05, 0.1) is 28.7 Å². The summed E-state index contributed by atoms with van der Waals surface area (Å²) in [6.45, 7) is 1.16. The number of nitrogens with two attached hydrogens (primary N) is 1. The highest BCUT2D eigenvalue weighted by Crippen LogP contribution is 2.29. The standard InChI is InChI=1S/C18H22N4O7S2/c19-30(25,26)16-4-1-14(2-5-16)7-8-20-17-6-3-15(22(23)24)13-18(17)31(27,28)21-9-11-29-12-10-21/h1-6,13,20H,7-12H2,(H2,19,25,26). The highest BCUT2D eigenvalue weighted by atomic mass is 32.2. The number of nitro benzene ring substituents is 1. The maximum absolute atomic E-state index is 13.1. The molecule has 1 saturated heterocycles. The Balaban J connectivity index is 1.80. The maximum atomic E-state index is 13.1. The highest BCUT2D eigenvalue weighted by molar-refractivity contribution is 7.89. The van der Waals surface area contributed by atoms with Crippen molar-refractivity contribution in [3.8, 4) is 0 Å². The third-order valence-electron chi connectivity index (χ3n) is 4.74. The van der Waals surface area contributed by atoms with Crippen molar-refractivity contribution in [3.05, 3.63) is 58.1 Å². The minimum absolute atomic E-state index is 0.00142. The van der Waals surface area contributed by atoms with Gasteiger partial charge < -0.3 is 10.1 Å². The van der Waals surface area contributed by atoms with E-state index in [0.29, 0.717) is 13.0 Å². The smallest absolute Gasteiger partial charge is 0.270 e. The van der Waals surface area contributed by atoms with Gasteiger partial charge in [0.25, 0.3) is 5.69 Å². The van der Waals surface area contributed by atoms with Crippen molar-refractivity contribution in [1.29, 1.82) is 0 Å². The van der Waals surface area contributed by atoms with E-state index < -0.39 is 25.0 Å². The summed E-state index contributed by atoms with van der Waals surface area (Å²) in [5.74, 6) is 0. The van der Waals surface area contributed by atoms with Gasteiger partial charge >= 0.3 is 0 Å². The first-order chi connectivity index (χ1) is 14.6. The number of hydrogen-bond donors (Lipinski definition) is 2. The average molecular weight is 471 g/mol. The molecule has 11 nitrogen and oxygen atoms in total. The Kier molecular flexibility index (Phi) is 6.91. The van der Waals surface area contributed by atoms with E-state index in [0.717, 1.165) is 11.6 Å². The van der Waals surface area contributed by atoms with Gasteiger partial charge in [-0.3, -0.25) is 10.1 Å². The maximum Gasteiger partial charge on any atom is 0.270 e. The van der Waals surface area contributed by atoms with Gasteiger partial charge in [0.15, 0.2) is 0 Å². The number of ether oxygens (including phenoxy) is 1. The van der Waals surface area contributed by atoms with E-state index in [1.807, 2.05) is 0 Å². The Morgan fingerprint density at radius 2 is 1.71 bits per heavy atom. The first kappa shape index (κ1) is 23.1. The predicted molar refractivity (Wildman–Crippen MR) is 113 cm³/mol. The molecule has 168 valence electrons. The van der Waals surface area contributed by atoms with Crippen molar-refractivity contribution in [2.75, 3.05) is 38.2 Å². The van der Waals surface area contributed by atoms with Gasteiger partial charge in [-0.05, 0) is 30.2 Å². The summed E-state index contributed by atoms with van der Waals surface area (Å²) in [6.07, 6.45) is 0.457. The predicted octanol–water partition coefficient (Wildman–Crippen LogP) is 0.918. The Morgan fingerprint density at radius 1 is 1.06 bits per heavy atom. The number of primary sulfonamides is 1. The Morgan fingerprint density at radius 3 is 2.29 bits per heavy atom. The van der Waals surface area contributed by atoms with E-state index in [1.165, 1.54) is 28.6 Å². The lowest BCUT2D eigenvalue weighted by atomic mass is 10.1. The van der Waals surface area contributed by atoms with Crippen LogP contribution < -0.4 is 10.5 Å². The zero-order valence-electron chi connectivity index (χ0n) is 16.4. The fourth-order valence-corrected chi connectivity index (χ4v) is 5.21. The van der Waals surface area contributed by atoms with Crippen LogP contribution in [0.2, 0.25) is 0 Å². The number of rotatable bonds is 8. The average Bonchev–Trinajstić information content (AvgIpc) is 2.74. The van der Waals surface area contributed by atoms with Gasteiger partial charge in [-0.15, -0.1) is 0 Å². The quantitative estimate of drug-likeness (QED) is 0.425. The summed E-state index contributed by atoms with van der Waals surface area (Å²) in [7, 11) is -7.74. The number of anilines is 1. The fraction of sp³-hybridized carbons (Fsp3) is 0.333. The van der Waals surface area contributed by atoms with Crippen LogP contribution in [0.25, 0.3) is 0 Å². The summed E-state index contributed by atoms with van der Waals surface area (Å²) < 4.78 is 55.3. The molecule has 3 rings (SSSR count).